The maximum Gasteiger partial charge on any atom is 0.142 e. The van der Waals surface area contributed by atoms with E-state index in [1.54, 1.807) is 30.6 Å². The van der Waals surface area contributed by atoms with Gasteiger partial charge in [0, 0.05) is 54.4 Å². The molecule has 3 aromatic carbocycles. The number of nitriles is 1. The molecule has 6 rings (SSSR count). The molecular weight excluding hydrogens is 565 g/mol. The third-order valence-electron chi connectivity index (χ3n) is 7.33. The van der Waals surface area contributed by atoms with Crippen LogP contribution in [0.3, 0.4) is 0 Å². The third-order valence-corrected chi connectivity index (χ3v) is 7.63. The molecule has 1 N–H and O–H groups in total. The first kappa shape index (κ1) is 28.3. The van der Waals surface area contributed by atoms with Crippen LogP contribution < -0.4 is 14.8 Å². The number of fused-ring (bicyclic) bond motifs is 1. The summed E-state index contributed by atoms with van der Waals surface area (Å²) in [7, 11) is 0. The molecule has 0 fully saturated rings. The largest absolute Gasteiger partial charge is 0.488 e. The number of ether oxygens (including phenoxy) is 2. The lowest BCUT2D eigenvalue weighted by molar-refractivity contribution is 0.206. The van der Waals surface area contributed by atoms with Gasteiger partial charge in [-0.25, -0.2) is 4.39 Å². The highest BCUT2D eigenvalue weighted by atomic mass is 35.5. The Hall–Kier alpha value is -4.84. The van der Waals surface area contributed by atoms with E-state index in [9.17, 15) is 9.65 Å². The van der Waals surface area contributed by atoms with E-state index in [-0.39, 0.29) is 18.5 Å². The van der Waals surface area contributed by atoms with Gasteiger partial charge < -0.3 is 14.8 Å². The molecule has 0 unspecified atom stereocenters. The Balaban J connectivity index is 1.26. The normalized spacial score (nSPS) is 13.7. The van der Waals surface area contributed by atoms with Crippen LogP contribution in [0.4, 0.5) is 4.39 Å². The van der Waals surface area contributed by atoms with Crippen LogP contribution in [0, 0.1) is 17.1 Å². The summed E-state index contributed by atoms with van der Waals surface area (Å²) in [5, 5.41) is 21.1. The molecule has 0 saturated heterocycles. The van der Waals surface area contributed by atoms with Gasteiger partial charge in [0.1, 0.15) is 36.1 Å². The summed E-state index contributed by atoms with van der Waals surface area (Å²) >= 11 is 6.78. The van der Waals surface area contributed by atoms with Crippen molar-refractivity contribution in [2.45, 2.75) is 38.6 Å². The molecule has 1 atom stereocenters. The molecule has 2 aromatic heterocycles. The van der Waals surface area contributed by atoms with Crippen LogP contribution in [-0.2, 0) is 26.1 Å². The lowest BCUT2D eigenvalue weighted by Crippen LogP contribution is -2.15. The Bertz CT molecular complexity index is 1790. The highest BCUT2D eigenvalue weighted by Crippen LogP contribution is 2.43. The zero-order valence-corrected chi connectivity index (χ0v) is 23.9. The van der Waals surface area contributed by atoms with Crippen molar-refractivity contribution in [2.75, 3.05) is 0 Å². The van der Waals surface area contributed by atoms with Crippen LogP contribution in [0.1, 0.15) is 46.0 Å². The molecule has 0 saturated carbocycles. The molecule has 2 heterocycles. The number of halogens is 2. The fraction of sp³-hybridized carbons (Fsp3) is 0.176. The number of aromatic nitrogens is 3. The predicted molar refractivity (Wildman–Crippen MR) is 161 cm³/mol. The monoisotopic (exact) mass is 591 g/mol. The van der Waals surface area contributed by atoms with E-state index in [0.29, 0.717) is 40.7 Å². The molecule has 0 amide bonds. The fourth-order valence-electron chi connectivity index (χ4n) is 5.30. The van der Waals surface area contributed by atoms with Crippen LogP contribution in [0.15, 0.2) is 91.4 Å². The van der Waals surface area contributed by atoms with Crippen molar-refractivity contribution >= 4 is 11.6 Å². The molecule has 1 aliphatic carbocycles. The van der Waals surface area contributed by atoms with Crippen LogP contribution in [0.2, 0.25) is 5.02 Å². The number of nitrogens with zero attached hydrogens (tertiary/aromatic N) is 4. The Labute approximate surface area is 253 Å². The second-order valence-corrected chi connectivity index (χ2v) is 10.6. The summed E-state index contributed by atoms with van der Waals surface area (Å²) in [6.45, 7) is 1.18. The Kier molecular flexibility index (Phi) is 8.55. The molecule has 0 bridgehead atoms. The minimum atomic E-state index is -0.246. The average Bonchev–Trinajstić information content (AvgIpc) is 3.45. The van der Waals surface area contributed by atoms with Crippen molar-refractivity contribution in [1.29, 1.82) is 5.26 Å². The summed E-state index contributed by atoms with van der Waals surface area (Å²) < 4.78 is 27.4. The number of hydrogen-bond acceptors (Lipinski definition) is 7. The second-order valence-electron chi connectivity index (χ2n) is 10.2. The van der Waals surface area contributed by atoms with E-state index in [1.165, 1.54) is 12.3 Å². The summed E-state index contributed by atoms with van der Waals surface area (Å²) in [4.78, 5) is 4.13. The number of benzene rings is 3. The van der Waals surface area contributed by atoms with Gasteiger partial charge in [-0.1, -0.05) is 48.0 Å². The Morgan fingerprint density at radius 3 is 2.70 bits per heavy atom. The van der Waals surface area contributed by atoms with Gasteiger partial charge in [-0.2, -0.15) is 15.5 Å². The highest BCUT2D eigenvalue weighted by molar-refractivity contribution is 6.32. The maximum absolute atomic E-state index is 14.7. The Morgan fingerprint density at radius 1 is 0.977 bits per heavy atom. The standard InChI is InChI=1S/C34H27ClFN5O2/c35-30-14-24(19-39-20-25-5-4-12-40-41-25)33(42-21-23-13-22(16-37)17-38-18-23)15-34(30)43-32-11-10-27-26(7-3-8-29(27)32)28-6-1-2-9-31(28)36/h1-9,12-15,17-18,32,39H,10-11,19-21H2/t32-/m0/s1. The number of hydrogen-bond donors (Lipinski definition) is 1. The van der Waals surface area contributed by atoms with E-state index in [2.05, 4.69) is 26.6 Å². The molecule has 43 heavy (non-hydrogen) atoms. The molecule has 0 radical (unpaired) electrons. The first-order valence-electron chi connectivity index (χ1n) is 13.9. The summed E-state index contributed by atoms with van der Waals surface area (Å²) in [5.74, 6) is 0.836. The minimum absolute atomic E-state index is 0.207. The smallest absolute Gasteiger partial charge is 0.142 e. The van der Waals surface area contributed by atoms with E-state index < -0.39 is 0 Å². The van der Waals surface area contributed by atoms with Crippen molar-refractivity contribution in [3.05, 3.63) is 136 Å². The van der Waals surface area contributed by atoms with Gasteiger partial charge >= 0.3 is 0 Å². The van der Waals surface area contributed by atoms with E-state index in [1.807, 2.05) is 48.5 Å². The molecule has 0 aliphatic heterocycles. The van der Waals surface area contributed by atoms with Crippen molar-refractivity contribution in [3.63, 3.8) is 0 Å². The second kappa shape index (κ2) is 13.0. The van der Waals surface area contributed by atoms with Crippen molar-refractivity contribution in [3.8, 4) is 28.7 Å². The van der Waals surface area contributed by atoms with Gasteiger partial charge in [0.25, 0.3) is 0 Å². The zero-order chi connectivity index (χ0) is 29.6. The molecule has 9 heteroatoms. The van der Waals surface area contributed by atoms with Crippen molar-refractivity contribution < 1.29 is 13.9 Å². The maximum atomic E-state index is 14.7. The van der Waals surface area contributed by atoms with Crippen molar-refractivity contribution in [1.82, 2.24) is 20.5 Å². The zero-order valence-electron chi connectivity index (χ0n) is 23.1. The molecule has 5 aromatic rings. The van der Waals surface area contributed by atoms with Gasteiger partial charge in [-0.3, -0.25) is 4.98 Å². The first-order valence-corrected chi connectivity index (χ1v) is 14.3. The third kappa shape index (κ3) is 6.49. The van der Waals surface area contributed by atoms with Crippen LogP contribution in [0.25, 0.3) is 11.1 Å². The lowest BCUT2D eigenvalue weighted by atomic mass is 9.96. The highest BCUT2D eigenvalue weighted by Gasteiger charge is 2.28. The summed E-state index contributed by atoms with van der Waals surface area (Å²) in [6.07, 6.45) is 6.07. The fourth-order valence-corrected chi connectivity index (χ4v) is 5.54. The van der Waals surface area contributed by atoms with Gasteiger partial charge in [0.2, 0.25) is 0 Å². The number of rotatable bonds is 10. The SMILES string of the molecule is N#Cc1cncc(COc2cc(O[C@H]3CCc4c(-c5ccccc5F)cccc43)c(Cl)cc2CNCc2cccnn2)c1. The van der Waals surface area contributed by atoms with Crippen LogP contribution in [0.5, 0.6) is 11.5 Å². The number of pyridine rings is 1. The van der Waals surface area contributed by atoms with E-state index in [4.69, 9.17) is 21.1 Å². The minimum Gasteiger partial charge on any atom is -0.488 e. The van der Waals surface area contributed by atoms with Crippen LogP contribution >= 0.6 is 11.6 Å². The average molecular weight is 592 g/mol. The van der Waals surface area contributed by atoms with Crippen molar-refractivity contribution in [2.24, 2.45) is 0 Å². The van der Waals surface area contributed by atoms with Crippen LogP contribution in [-0.4, -0.2) is 15.2 Å². The topological polar surface area (TPSA) is 93.0 Å². The molecule has 0 spiro atoms. The van der Waals surface area contributed by atoms with Gasteiger partial charge in [-0.05, 0) is 59.9 Å². The lowest BCUT2D eigenvalue weighted by Gasteiger charge is -2.20. The van der Waals surface area contributed by atoms with Gasteiger partial charge in [0.15, 0.2) is 0 Å². The van der Waals surface area contributed by atoms with E-state index >= 15 is 0 Å². The number of nitrogens with one attached hydrogen (secondary N) is 1. The van der Waals surface area contributed by atoms with Gasteiger partial charge in [-0.15, -0.1) is 0 Å². The predicted octanol–water partition coefficient (Wildman–Crippen LogP) is 7.14. The van der Waals surface area contributed by atoms with E-state index in [0.717, 1.165) is 46.4 Å². The molecule has 214 valence electrons. The summed E-state index contributed by atoms with van der Waals surface area (Å²) in [6, 6.07) is 24.0. The summed E-state index contributed by atoms with van der Waals surface area (Å²) in [5.41, 5.74) is 6.44. The van der Waals surface area contributed by atoms with Gasteiger partial charge in [0.05, 0.1) is 16.3 Å². The molecule has 1 aliphatic rings. The first-order chi connectivity index (χ1) is 21.1. The molecule has 7 nitrogen and oxygen atoms in total. The Morgan fingerprint density at radius 2 is 1.86 bits per heavy atom. The molecular formula is C34H27ClFN5O2. The quantitative estimate of drug-likeness (QED) is 0.184.